The first-order chi connectivity index (χ1) is 16.8. The maximum absolute atomic E-state index is 13.2. The summed E-state index contributed by atoms with van der Waals surface area (Å²) in [5.74, 6) is -2.40. The molecule has 5 unspecified atom stereocenters. The SMILES string of the molecule is CCC(C)C(NC(=O)C(CCCN=C(N)N)NC(=O)C(N)CC(C)C)C(=O)NC(CCSC)C(=O)O. The first-order valence-corrected chi connectivity index (χ1v) is 13.7. The number of carbonyl (C=O) groups excluding carboxylic acids is 3. The minimum atomic E-state index is -1.14. The number of aliphatic carboxylic acids is 1. The Morgan fingerprint density at radius 3 is 2.06 bits per heavy atom. The highest BCUT2D eigenvalue weighted by molar-refractivity contribution is 7.98. The largest absolute Gasteiger partial charge is 0.480 e. The molecule has 0 saturated carbocycles. The lowest BCUT2D eigenvalue weighted by molar-refractivity contribution is -0.142. The number of hydrogen-bond donors (Lipinski definition) is 7. The zero-order valence-corrected chi connectivity index (χ0v) is 22.9. The molecule has 0 bridgehead atoms. The van der Waals surface area contributed by atoms with Gasteiger partial charge in [-0.3, -0.25) is 19.4 Å². The van der Waals surface area contributed by atoms with Crippen LogP contribution in [0.25, 0.3) is 0 Å². The van der Waals surface area contributed by atoms with Gasteiger partial charge in [-0.05, 0) is 49.5 Å². The molecular formula is C23H45N7O5S. The molecule has 0 radical (unpaired) electrons. The molecular weight excluding hydrogens is 486 g/mol. The number of rotatable bonds is 18. The Bertz CT molecular complexity index is 746. The third-order valence-corrected chi connectivity index (χ3v) is 6.30. The second kappa shape index (κ2) is 17.8. The average molecular weight is 532 g/mol. The lowest BCUT2D eigenvalue weighted by Gasteiger charge is -2.28. The van der Waals surface area contributed by atoms with Crippen LogP contribution in [-0.4, -0.2) is 77.5 Å². The van der Waals surface area contributed by atoms with Gasteiger partial charge in [0.1, 0.15) is 18.1 Å². The number of aliphatic imine (C=N–C) groups is 1. The average Bonchev–Trinajstić information content (AvgIpc) is 2.80. The summed E-state index contributed by atoms with van der Waals surface area (Å²) in [6.07, 6.45) is 3.70. The van der Waals surface area contributed by atoms with E-state index in [1.807, 2.05) is 27.0 Å². The molecule has 10 N–H and O–H groups in total. The van der Waals surface area contributed by atoms with Crippen LogP contribution in [0.5, 0.6) is 0 Å². The van der Waals surface area contributed by atoms with Gasteiger partial charge in [0, 0.05) is 6.54 Å². The molecule has 12 nitrogen and oxygen atoms in total. The van der Waals surface area contributed by atoms with Crippen molar-refractivity contribution < 1.29 is 24.3 Å². The monoisotopic (exact) mass is 531 g/mol. The summed E-state index contributed by atoms with van der Waals surface area (Å²) in [5, 5.41) is 17.4. The second-order valence-electron chi connectivity index (χ2n) is 9.30. The summed E-state index contributed by atoms with van der Waals surface area (Å²) in [4.78, 5) is 54.4. The number of amides is 3. The highest BCUT2D eigenvalue weighted by atomic mass is 32.2. The van der Waals surface area contributed by atoms with Gasteiger partial charge in [0.15, 0.2) is 5.96 Å². The number of nitrogens with two attached hydrogens (primary N) is 3. The Labute approximate surface area is 218 Å². The maximum Gasteiger partial charge on any atom is 0.326 e. The van der Waals surface area contributed by atoms with E-state index in [1.165, 1.54) is 11.8 Å². The van der Waals surface area contributed by atoms with Crippen molar-refractivity contribution in [2.24, 2.45) is 34.0 Å². The molecule has 0 rings (SSSR count). The summed E-state index contributed by atoms with van der Waals surface area (Å²) in [6, 6.07) is -3.83. The van der Waals surface area contributed by atoms with Crippen molar-refractivity contribution >= 4 is 41.4 Å². The molecule has 5 atom stereocenters. The molecule has 0 aliphatic heterocycles. The molecule has 13 heteroatoms. The van der Waals surface area contributed by atoms with Gasteiger partial charge in [0.05, 0.1) is 6.04 Å². The van der Waals surface area contributed by atoms with Gasteiger partial charge >= 0.3 is 5.97 Å². The van der Waals surface area contributed by atoms with Crippen LogP contribution < -0.4 is 33.2 Å². The smallest absolute Gasteiger partial charge is 0.326 e. The van der Waals surface area contributed by atoms with Crippen LogP contribution in [0.3, 0.4) is 0 Å². The first-order valence-electron chi connectivity index (χ1n) is 12.3. The van der Waals surface area contributed by atoms with Crippen molar-refractivity contribution in [2.75, 3.05) is 18.6 Å². The minimum Gasteiger partial charge on any atom is -0.480 e. The summed E-state index contributed by atoms with van der Waals surface area (Å²) < 4.78 is 0. The van der Waals surface area contributed by atoms with Crippen molar-refractivity contribution in [3.63, 3.8) is 0 Å². The molecule has 36 heavy (non-hydrogen) atoms. The number of nitrogens with one attached hydrogen (secondary N) is 3. The summed E-state index contributed by atoms with van der Waals surface area (Å²) in [5.41, 5.74) is 16.7. The normalized spacial score (nSPS) is 15.2. The lowest BCUT2D eigenvalue weighted by atomic mass is 9.97. The number of nitrogens with zero attached hydrogens (tertiary/aromatic N) is 1. The quantitative estimate of drug-likeness (QED) is 0.0704. The van der Waals surface area contributed by atoms with E-state index in [9.17, 15) is 24.3 Å². The molecule has 0 spiro atoms. The maximum atomic E-state index is 13.2. The van der Waals surface area contributed by atoms with Crippen LogP contribution >= 0.6 is 11.8 Å². The lowest BCUT2D eigenvalue weighted by Crippen LogP contribution is -2.58. The van der Waals surface area contributed by atoms with Crippen molar-refractivity contribution in [1.82, 2.24) is 16.0 Å². The number of carboxylic acid groups (broad SMARTS) is 1. The van der Waals surface area contributed by atoms with Crippen LogP contribution in [0.4, 0.5) is 0 Å². The van der Waals surface area contributed by atoms with Crippen LogP contribution in [0.2, 0.25) is 0 Å². The number of carboxylic acids is 1. The fourth-order valence-corrected chi connectivity index (χ4v) is 3.85. The Balaban J connectivity index is 5.62. The molecule has 0 saturated heterocycles. The second-order valence-corrected chi connectivity index (χ2v) is 10.3. The van der Waals surface area contributed by atoms with Crippen molar-refractivity contribution in [3.05, 3.63) is 0 Å². The number of thioether (sulfide) groups is 1. The molecule has 0 heterocycles. The summed E-state index contributed by atoms with van der Waals surface area (Å²) in [6.45, 7) is 7.77. The van der Waals surface area contributed by atoms with E-state index in [0.717, 1.165) is 0 Å². The van der Waals surface area contributed by atoms with E-state index in [2.05, 4.69) is 20.9 Å². The number of carbonyl (C=O) groups is 4. The zero-order valence-electron chi connectivity index (χ0n) is 22.1. The molecule has 0 aromatic heterocycles. The van der Waals surface area contributed by atoms with E-state index in [0.29, 0.717) is 25.0 Å². The first kappa shape index (κ1) is 33.5. The Kier molecular flexibility index (Phi) is 16.6. The van der Waals surface area contributed by atoms with Gasteiger partial charge in [0.25, 0.3) is 0 Å². The predicted molar refractivity (Wildman–Crippen MR) is 143 cm³/mol. The standard InChI is InChI=1S/C23H45N7O5S/c1-6-14(4)18(21(33)29-17(22(34)35)9-11-36-5)30-20(32)16(8-7-10-27-23(25)26)28-19(31)15(24)12-13(2)3/h13-18H,6-12,24H2,1-5H3,(H,28,31)(H,29,33)(H,30,32)(H,34,35)(H4,25,26,27). The van der Waals surface area contributed by atoms with Gasteiger partial charge in [-0.15, -0.1) is 0 Å². The zero-order chi connectivity index (χ0) is 27.8. The number of hydrogen-bond acceptors (Lipinski definition) is 7. The van der Waals surface area contributed by atoms with Gasteiger partial charge in [0.2, 0.25) is 17.7 Å². The molecule has 0 aromatic rings. The highest BCUT2D eigenvalue weighted by Gasteiger charge is 2.32. The van der Waals surface area contributed by atoms with Gasteiger partial charge < -0.3 is 38.3 Å². The Hall–Kier alpha value is -2.54. The van der Waals surface area contributed by atoms with Crippen LogP contribution in [0.15, 0.2) is 4.99 Å². The van der Waals surface area contributed by atoms with E-state index in [-0.39, 0.29) is 37.2 Å². The van der Waals surface area contributed by atoms with E-state index in [1.54, 1.807) is 6.92 Å². The van der Waals surface area contributed by atoms with Crippen molar-refractivity contribution in [1.29, 1.82) is 0 Å². The summed E-state index contributed by atoms with van der Waals surface area (Å²) >= 11 is 1.47. The topological polar surface area (TPSA) is 215 Å². The van der Waals surface area contributed by atoms with E-state index < -0.39 is 47.9 Å². The predicted octanol–water partition coefficient (Wildman–Crippen LogP) is -0.248. The Morgan fingerprint density at radius 1 is 0.944 bits per heavy atom. The fraction of sp³-hybridized carbons (Fsp3) is 0.783. The molecule has 0 aliphatic rings. The fourth-order valence-electron chi connectivity index (χ4n) is 3.38. The van der Waals surface area contributed by atoms with Crippen LogP contribution in [-0.2, 0) is 19.2 Å². The molecule has 0 aliphatic carbocycles. The molecule has 208 valence electrons. The van der Waals surface area contributed by atoms with Crippen LogP contribution in [0, 0.1) is 11.8 Å². The summed E-state index contributed by atoms with van der Waals surface area (Å²) in [7, 11) is 0. The van der Waals surface area contributed by atoms with Gasteiger partial charge in [-0.1, -0.05) is 34.1 Å². The molecule has 3 amide bonds. The van der Waals surface area contributed by atoms with Gasteiger partial charge in [-0.2, -0.15) is 11.8 Å². The van der Waals surface area contributed by atoms with E-state index >= 15 is 0 Å². The minimum absolute atomic E-state index is 0.0815. The van der Waals surface area contributed by atoms with Crippen molar-refractivity contribution in [3.8, 4) is 0 Å². The third kappa shape index (κ3) is 13.5. The van der Waals surface area contributed by atoms with E-state index in [4.69, 9.17) is 17.2 Å². The van der Waals surface area contributed by atoms with Crippen LogP contribution in [0.1, 0.15) is 59.8 Å². The highest BCUT2D eigenvalue weighted by Crippen LogP contribution is 2.11. The molecule has 0 fully saturated rings. The Morgan fingerprint density at radius 2 is 1.56 bits per heavy atom. The molecule has 0 aromatic carbocycles. The number of guanidine groups is 1. The third-order valence-electron chi connectivity index (χ3n) is 5.66. The van der Waals surface area contributed by atoms with Crippen molar-refractivity contribution in [2.45, 2.75) is 84.0 Å². The van der Waals surface area contributed by atoms with Gasteiger partial charge in [-0.25, -0.2) is 4.79 Å².